The Labute approximate surface area is 148 Å². The van der Waals surface area contributed by atoms with Gasteiger partial charge < -0.3 is 11.1 Å². The van der Waals surface area contributed by atoms with Crippen molar-refractivity contribution in [1.82, 2.24) is 15.0 Å². The molecule has 0 atom stereocenters. The summed E-state index contributed by atoms with van der Waals surface area (Å²) in [5.41, 5.74) is 7.35. The Bertz CT molecular complexity index is 738. The fourth-order valence-electron chi connectivity index (χ4n) is 5.85. The Morgan fingerprint density at radius 2 is 1.56 bits per heavy atom. The predicted octanol–water partition coefficient (Wildman–Crippen LogP) is 3.43. The van der Waals surface area contributed by atoms with Crippen LogP contribution < -0.4 is 11.1 Å². The summed E-state index contributed by atoms with van der Waals surface area (Å²) >= 11 is 0. The van der Waals surface area contributed by atoms with Crippen molar-refractivity contribution in [3.05, 3.63) is 41.7 Å². The minimum atomic E-state index is 0.187. The minimum Gasteiger partial charge on any atom is -0.368 e. The second-order valence-corrected chi connectivity index (χ2v) is 8.42. The Balaban J connectivity index is 1.39. The smallest absolute Gasteiger partial charge is 0.228 e. The normalized spacial score (nSPS) is 32.7. The third-order valence-corrected chi connectivity index (χ3v) is 6.32. The zero-order valence-corrected chi connectivity index (χ0v) is 14.5. The number of nitrogens with one attached hydrogen (secondary N) is 1. The topological polar surface area (TPSA) is 76.7 Å². The summed E-state index contributed by atoms with van der Waals surface area (Å²) in [5.74, 6) is 4.39. The zero-order valence-electron chi connectivity index (χ0n) is 14.5. The van der Waals surface area contributed by atoms with Crippen LogP contribution in [0.15, 0.2) is 30.3 Å². The molecule has 1 heterocycles. The molecule has 4 aliphatic carbocycles. The average Bonchev–Trinajstić information content (AvgIpc) is 2.53. The second kappa shape index (κ2) is 5.68. The lowest BCUT2D eigenvalue weighted by atomic mass is 9.53. The zero-order chi connectivity index (χ0) is 16.9. The summed E-state index contributed by atoms with van der Waals surface area (Å²) in [5, 5.41) is 3.71. The van der Waals surface area contributed by atoms with E-state index in [0.717, 1.165) is 23.6 Å². The summed E-state index contributed by atoms with van der Waals surface area (Å²) in [7, 11) is 0. The first-order valence-electron chi connectivity index (χ1n) is 9.48. The first-order valence-corrected chi connectivity index (χ1v) is 9.48. The van der Waals surface area contributed by atoms with Crippen LogP contribution in [-0.4, -0.2) is 20.5 Å². The summed E-state index contributed by atoms with van der Waals surface area (Å²) in [6.45, 7) is 0. The molecule has 0 saturated heterocycles. The lowest BCUT2D eigenvalue weighted by Gasteiger charge is -2.56. The number of aromatic nitrogens is 3. The highest BCUT2D eigenvalue weighted by atomic mass is 15.2. The summed E-state index contributed by atoms with van der Waals surface area (Å²) in [6.07, 6.45) is 8.76. The average molecular weight is 335 g/mol. The predicted molar refractivity (Wildman–Crippen MR) is 98.0 cm³/mol. The summed E-state index contributed by atoms with van der Waals surface area (Å²) in [4.78, 5) is 13.4. The van der Waals surface area contributed by atoms with E-state index in [9.17, 15) is 0 Å². The van der Waals surface area contributed by atoms with E-state index in [1.165, 1.54) is 44.1 Å². The van der Waals surface area contributed by atoms with E-state index in [0.29, 0.717) is 18.3 Å². The highest BCUT2D eigenvalue weighted by Crippen LogP contribution is 2.56. The molecule has 130 valence electrons. The van der Waals surface area contributed by atoms with Gasteiger partial charge in [-0.2, -0.15) is 15.0 Å². The Morgan fingerprint density at radius 1 is 0.920 bits per heavy atom. The Kier molecular flexibility index (Phi) is 3.43. The number of nitrogens with zero attached hydrogens (tertiary/aromatic N) is 3. The molecule has 4 bridgehead atoms. The number of benzene rings is 1. The first-order chi connectivity index (χ1) is 12.2. The molecule has 4 saturated carbocycles. The van der Waals surface area contributed by atoms with E-state index in [1.807, 2.05) is 18.2 Å². The molecule has 0 aliphatic heterocycles. The van der Waals surface area contributed by atoms with Crippen LogP contribution in [0.1, 0.15) is 49.9 Å². The lowest BCUT2D eigenvalue weighted by Crippen LogP contribution is -2.55. The van der Waals surface area contributed by atoms with Crippen LogP contribution in [0.3, 0.4) is 0 Å². The maximum atomic E-state index is 5.98. The van der Waals surface area contributed by atoms with Gasteiger partial charge in [0.15, 0.2) is 0 Å². The van der Waals surface area contributed by atoms with Crippen molar-refractivity contribution in [3.8, 4) is 0 Å². The Hall–Kier alpha value is -2.17. The molecule has 0 radical (unpaired) electrons. The van der Waals surface area contributed by atoms with Crippen LogP contribution >= 0.6 is 0 Å². The molecular weight excluding hydrogens is 310 g/mol. The Morgan fingerprint density at radius 3 is 2.20 bits per heavy atom. The van der Waals surface area contributed by atoms with Crippen LogP contribution in [0.2, 0.25) is 0 Å². The molecule has 3 N–H and O–H groups in total. The molecule has 0 amide bonds. The van der Waals surface area contributed by atoms with Crippen molar-refractivity contribution in [2.24, 2.45) is 17.8 Å². The SMILES string of the molecule is Nc1nc(Cc2ccccc2)nc(NC23CC4CC(CC(C4)C2)C3)n1. The van der Waals surface area contributed by atoms with Gasteiger partial charge in [0.25, 0.3) is 0 Å². The molecule has 4 fully saturated rings. The highest BCUT2D eigenvalue weighted by Gasteiger charge is 2.51. The maximum Gasteiger partial charge on any atom is 0.228 e. The van der Waals surface area contributed by atoms with Crippen LogP contribution in [0.5, 0.6) is 0 Å². The standard InChI is InChI=1S/C20H25N5/c21-18-22-17(9-13-4-2-1-3-5-13)23-19(24-18)25-20-10-14-6-15(11-20)8-16(7-14)12-20/h1-5,14-16H,6-12H2,(H3,21,22,23,24,25). The summed E-state index contributed by atoms with van der Waals surface area (Å²) < 4.78 is 0. The monoisotopic (exact) mass is 335 g/mol. The van der Waals surface area contributed by atoms with Crippen molar-refractivity contribution >= 4 is 11.9 Å². The van der Waals surface area contributed by atoms with Gasteiger partial charge in [-0.3, -0.25) is 0 Å². The number of hydrogen-bond acceptors (Lipinski definition) is 5. The quantitative estimate of drug-likeness (QED) is 0.895. The molecule has 0 spiro atoms. The van der Waals surface area contributed by atoms with Crippen LogP contribution in [0.25, 0.3) is 0 Å². The fourth-order valence-corrected chi connectivity index (χ4v) is 5.85. The molecule has 1 aromatic heterocycles. The van der Waals surface area contributed by atoms with E-state index in [1.54, 1.807) is 0 Å². The second-order valence-electron chi connectivity index (χ2n) is 8.42. The minimum absolute atomic E-state index is 0.187. The number of rotatable bonds is 4. The van der Waals surface area contributed by atoms with Gasteiger partial charge in [0, 0.05) is 12.0 Å². The lowest BCUT2D eigenvalue weighted by molar-refractivity contribution is 0.0103. The number of anilines is 2. The van der Waals surface area contributed by atoms with Crippen molar-refractivity contribution in [2.75, 3.05) is 11.1 Å². The molecule has 5 heteroatoms. The summed E-state index contributed by atoms with van der Waals surface area (Å²) in [6, 6.07) is 10.3. The van der Waals surface area contributed by atoms with Crippen molar-refractivity contribution in [3.63, 3.8) is 0 Å². The molecule has 0 unspecified atom stereocenters. The van der Waals surface area contributed by atoms with E-state index >= 15 is 0 Å². The molecule has 2 aromatic rings. The van der Waals surface area contributed by atoms with Gasteiger partial charge in [0.1, 0.15) is 5.82 Å². The van der Waals surface area contributed by atoms with E-state index in [4.69, 9.17) is 10.7 Å². The van der Waals surface area contributed by atoms with Crippen molar-refractivity contribution in [2.45, 2.75) is 50.5 Å². The van der Waals surface area contributed by atoms with Gasteiger partial charge in [-0.25, -0.2) is 0 Å². The number of nitrogen functional groups attached to an aromatic ring is 1. The van der Waals surface area contributed by atoms with E-state index in [2.05, 4.69) is 27.4 Å². The van der Waals surface area contributed by atoms with Gasteiger partial charge in [-0.1, -0.05) is 30.3 Å². The largest absolute Gasteiger partial charge is 0.368 e. The molecule has 5 nitrogen and oxygen atoms in total. The van der Waals surface area contributed by atoms with Gasteiger partial charge in [-0.15, -0.1) is 0 Å². The van der Waals surface area contributed by atoms with Gasteiger partial charge in [0.05, 0.1) is 0 Å². The molecular formula is C20H25N5. The third kappa shape index (κ3) is 2.96. The van der Waals surface area contributed by atoms with Gasteiger partial charge in [-0.05, 0) is 61.8 Å². The number of nitrogens with two attached hydrogens (primary N) is 1. The molecule has 25 heavy (non-hydrogen) atoms. The third-order valence-electron chi connectivity index (χ3n) is 6.32. The number of hydrogen-bond donors (Lipinski definition) is 2. The fraction of sp³-hybridized carbons (Fsp3) is 0.550. The molecule has 4 aliphatic rings. The molecule has 6 rings (SSSR count). The van der Waals surface area contributed by atoms with Gasteiger partial charge >= 0.3 is 0 Å². The van der Waals surface area contributed by atoms with Crippen molar-refractivity contribution < 1.29 is 0 Å². The molecule has 1 aromatic carbocycles. The first kappa shape index (κ1) is 15.1. The van der Waals surface area contributed by atoms with Crippen LogP contribution in [0, 0.1) is 17.8 Å². The van der Waals surface area contributed by atoms with Crippen LogP contribution in [0.4, 0.5) is 11.9 Å². The van der Waals surface area contributed by atoms with Crippen molar-refractivity contribution in [1.29, 1.82) is 0 Å². The highest BCUT2D eigenvalue weighted by molar-refractivity contribution is 5.36. The van der Waals surface area contributed by atoms with Gasteiger partial charge in [0.2, 0.25) is 11.9 Å². The van der Waals surface area contributed by atoms with Crippen LogP contribution in [-0.2, 0) is 6.42 Å². The van der Waals surface area contributed by atoms with E-state index in [-0.39, 0.29) is 5.54 Å². The van der Waals surface area contributed by atoms with E-state index < -0.39 is 0 Å². The maximum absolute atomic E-state index is 5.98.